The van der Waals surface area contributed by atoms with Crippen molar-refractivity contribution in [2.75, 3.05) is 4.72 Å². The van der Waals surface area contributed by atoms with Gasteiger partial charge in [0.2, 0.25) is 0 Å². The minimum absolute atomic E-state index is 0.0475. The molecule has 0 bridgehead atoms. The molecule has 0 unspecified atom stereocenters. The Kier molecular flexibility index (Phi) is 5.20. The van der Waals surface area contributed by atoms with Crippen molar-refractivity contribution in [2.24, 2.45) is 0 Å². The number of nitrogens with one attached hydrogen (secondary N) is 2. The van der Waals surface area contributed by atoms with Crippen LogP contribution in [0.25, 0.3) is 11.1 Å². The largest absolute Gasteiger partial charge is 0.288 e. The first-order chi connectivity index (χ1) is 12.9. The highest BCUT2D eigenvalue weighted by atomic mass is 32.2. The summed E-state index contributed by atoms with van der Waals surface area (Å²) in [5.41, 5.74) is 3.67. The van der Waals surface area contributed by atoms with Crippen LogP contribution >= 0.6 is 0 Å². The van der Waals surface area contributed by atoms with Crippen LogP contribution in [0.5, 0.6) is 0 Å². The number of benzene rings is 3. The molecule has 3 aromatic carbocycles. The number of hydroxylamine groups is 1. The van der Waals surface area contributed by atoms with E-state index in [1.807, 2.05) is 0 Å². The molecule has 0 aromatic heterocycles. The molecular weight excluding hydrogens is 371 g/mol. The fourth-order valence-corrected chi connectivity index (χ4v) is 3.52. The van der Waals surface area contributed by atoms with Crippen LogP contribution in [0.2, 0.25) is 0 Å². The molecule has 3 aromatic rings. The van der Waals surface area contributed by atoms with Crippen molar-refractivity contribution >= 4 is 21.6 Å². The number of amides is 1. The van der Waals surface area contributed by atoms with E-state index in [-0.39, 0.29) is 10.5 Å². The molecule has 0 fully saturated rings. The Morgan fingerprint density at radius 3 is 2.19 bits per heavy atom. The topological polar surface area (TPSA) is 95.5 Å². The first-order valence-corrected chi connectivity index (χ1v) is 9.31. The average Bonchev–Trinajstić information content (AvgIpc) is 2.67. The van der Waals surface area contributed by atoms with E-state index in [2.05, 4.69) is 4.72 Å². The third-order valence-corrected chi connectivity index (χ3v) is 5.22. The molecule has 3 N–H and O–H groups in total. The Hall–Kier alpha value is -3.23. The summed E-state index contributed by atoms with van der Waals surface area (Å²) in [4.78, 5) is 11.3. The van der Waals surface area contributed by atoms with Gasteiger partial charge in [0.25, 0.3) is 15.9 Å². The summed E-state index contributed by atoms with van der Waals surface area (Å²) in [6.45, 7) is 0. The highest BCUT2D eigenvalue weighted by Gasteiger charge is 2.14. The minimum atomic E-state index is -3.85. The fraction of sp³-hybridized carbons (Fsp3) is 0. The van der Waals surface area contributed by atoms with Gasteiger partial charge in [-0.2, -0.15) is 0 Å². The van der Waals surface area contributed by atoms with E-state index >= 15 is 0 Å². The summed E-state index contributed by atoms with van der Waals surface area (Å²) in [6.07, 6.45) is 0. The average molecular weight is 386 g/mol. The highest BCUT2D eigenvalue weighted by molar-refractivity contribution is 7.92. The van der Waals surface area contributed by atoms with Crippen LogP contribution < -0.4 is 10.2 Å². The van der Waals surface area contributed by atoms with Gasteiger partial charge in [0, 0.05) is 11.3 Å². The summed E-state index contributed by atoms with van der Waals surface area (Å²) in [5, 5.41) is 8.64. The summed E-state index contributed by atoms with van der Waals surface area (Å²) < 4.78 is 40.3. The lowest BCUT2D eigenvalue weighted by atomic mass is 10.0. The summed E-state index contributed by atoms with van der Waals surface area (Å²) in [7, 11) is -3.85. The molecule has 0 aliphatic carbocycles. The lowest BCUT2D eigenvalue weighted by molar-refractivity contribution is 0.0706. The van der Waals surface area contributed by atoms with Gasteiger partial charge in [-0.1, -0.05) is 24.3 Å². The smallest absolute Gasteiger partial charge is 0.274 e. The highest BCUT2D eigenvalue weighted by Crippen LogP contribution is 2.25. The molecule has 0 saturated heterocycles. The van der Waals surface area contributed by atoms with E-state index in [4.69, 9.17) is 5.21 Å². The van der Waals surface area contributed by atoms with E-state index in [9.17, 15) is 17.6 Å². The lowest BCUT2D eigenvalue weighted by Gasteiger charge is -2.10. The lowest BCUT2D eigenvalue weighted by Crippen LogP contribution is -2.18. The van der Waals surface area contributed by atoms with Crippen molar-refractivity contribution in [1.29, 1.82) is 0 Å². The molecule has 8 heteroatoms. The van der Waals surface area contributed by atoms with Crippen LogP contribution in [0.15, 0.2) is 77.7 Å². The van der Waals surface area contributed by atoms with Crippen molar-refractivity contribution in [3.8, 4) is 11.1 Å². The van der Waals surface area contributed by atoms with E-state index in [0.29, 0.717) is 5.69 Å². The number of carbonyl (C=O) groups excluding carboxylic acids is 1. The van der Waals surface area contributed by atoms with Crippen LogP contribution in [0.4, 0.5) is 10.1 Å². The number of sulfonamides is 1. The van der Waals surface area contributed by atoms with Crippen LogP contribution in [0.1, 0.15) is 10.4 Å². The second-order valence-electron chi connectivity index (χ2n) is 5.66. The van der Waals surface area contributed by atoms with Gasteiger partial charge in [0.05, 0.1) is 4.90 Å². The van der Waals surface area contributed by atoms with Gasteiger partial charge in [0.1, 0.15) is 5.82 Å². The maximum absolute atomic E-state index is 13.0. The Morgan fingerprint density at radius 1 is 0.889 bits per heavy atom. The molecular formula is C19H15FN2O4S. The van der Waals surface area contributed by atoms with E-state index < -0.39 is 21.7 Å². The molecule has 0 radical (unpaired) electrons. The number of hydrogen-bond acceptors (Lipinski definition) is 4. The molecule has 0 heterocycles. The Balaban J connectivity index is 1.85. The first kappa shape index (κ1) is 18.6. The monoisotopic (exact) mass is 386 g/mol. The number of hydrogen-bond donors (Lipinski definition) is 3. The van der Waals surface area contributed by atoms with Crippen molar-refractivity contribution in [2.45, 2.75) is 4.90 Å². The molecule has 0 saturated carbocycles. The molecule has 3 rings (SSSR count). The molecule has 0 atom stereocenters. The summed E-state index contributed by atoms with van der Waals surface area (Å²) in [5.74, 6) is -1.14. The molecule has 0 aliphatic rings. The zero-order valence-electron chi connectivity index (χ0n) is 13.9. The maximum Gasteiger partial charge on any atom is 0.274 e. The molecule has 0 spiro atoms. The van der Waals surface area contributed by atoms with Crippen molar-refractivity contribution in [3.05, 3.63) is 84.2 Å². The Bertz CT molecular complexity index is 1070. The van der Waals surface area contributed by atoms with E-state index in [1.54, 1.807) is 41.9 Å². The van der Waals surface area contributed by atoms with Gasteiger partial charge < -0.3 is 0 Å². The van der Waals surface area contributed by atoms with Crippen LogP contribution in [0, 0.1) is 5.82 Å². The van der Waals surface area contributed by atoms with Gasteiger partial charge in [-0.15, -0.1) is 0 Å². The molecule has 138 valence electrons. The van der Waals surface area contributed by atoms with Crippen LogP contribution in [0.3, 0.4) is 0 Å². The summed E-state index contributed by atoms with van der Waals surface area (Å²) in [6, 6.07) is 17.7. The normalized spacial score (nSPS) is 11.0. The van der Waals surface area contributed by atoms with Crippen LogP contribution in [-0.2, 0) is 10.0 Å². The first-order valence-electron chi connectivity index (χ1n) is 7.82. The van der Waals surface area contributed by atoms with Crippen LogP contribution in [-0.4, -0.2) is 19.5 Å². The quantitative estimate of drug-likeness (QED) is 0.463. The zero-order valence-corrected chi connectivity index (χ0v) is 14.7. The van der Waals surface area contributed by atoms with E-state index in [1.165, 1.54) is 24.3 Å². The molecule has 6 nitrogen and oxygen atoms in total. The summed E-state index contributed by atoms with van der Waals surface area (Å²) >= 11 is 0. The molecule has 27 heavy (non-hydrogen) atoms. The minimum Gasteiger partial charge on any atom is -0.288 e. The van der Waals surface area contributed by atoms with Gasteiger partial charge in [-0.25, -0.2) is 18.3 Å². The molecule has 1 amide bonds. The molecule has 0 aliphatic heterocycles. The third kappa shape index (κ3) is 4.30. The predicted octanol–water partition coefficient (Wildman–Crippen LogP) is 3.41. The Morgan fingerprint density at radius 2 is 1.56 bits per heavy atom. The van der Waals surface area contributed by atoms with Gasteiger partial charge in [-0.3, -0.25) is 14.7 Å². The van der Waals surface area contributed by atoms with Crippen molar-refractivity contribution < 1.29 is 22.8 Å². The van der Waals surface area contributed by atoms with E-state index in [0.717, 1.165) is 23.3 Å². The van der Waals surface area contributed by atoms with Crippen molar-refractivity contribution in [3.63, 3.8) is 0 Å². The number of rotatable bonds is 5. The SMILES string of the molecule is O=C(NO)c1ccc(-c2cccc(NS(=O)(=O)c3ccc(F)cc3)c2)cc1. The maximum atomic E-state index is 13.0. The number of anilines is 1. The predicted molar refractivity (Wildman–Crippen MR) is 98.3 cm³/mol. The zero-order chi connectivity index (χ0) is 19.4. The third-order valence-electron chi connectivity index (χ3n) is 3.82. The number of halogens is 1. The second kappa shape index (κ2) is 7.56. The fourth-order valence-electron chi connectivity index (χ4n) is 2.47. The van der Waals surface area contributed by atoms with Gasteiger partial charge in [0.15, 0.2) is 0 Å². The number of carbonyl (C=O) groups is 1. The standard InChI is InChI=1S/C19H15FN2O4S/c20-16-8-10-18(11-9-16)27(25,26)22-17-3-1-2-15(12-17)13-4-6-14(7-5-13)19(23)21-24/h1-12,22,24H,(H,21,23). The van der Waals surface area contributed by atoms with Gasteiger partial charge in [-0.05, 0) is 59.7 Å². The van der Waals surface area contributed by atoms with Crippen molar-refractivity contribution in [1.82, 2.24) is 5.48 Å². The van der Waals surface area contributed by atoms with Gasteiger partial charge >= 0.3 is 0 Å². The Labute approximate surface area is 155 Å². The second-order valence-corrected chi connectivity index (χ2v) is 7.34.